The van der Waals surface area contributed by atoms with Gasteiger partial charge in [-0.1, -0.05) is 48.0 Å². The molecule has 9 heteroatoms. The number of aryl methyl sites for hydroxylation is 1. The third-order valence-electron chi connectivity index (χ3n) is 7.22. The number of anilines is 1. The van der Waals surface area contributed by atoms with E-state index in [9.17, 15) is 14.9 Å². The minimum absolute atomic E-state index is 0.321. The van der Waals surface area contributed by atoms with Gasteiger partial charge in [-0.2, -0.15) is 0 Å². The Morgan fingerprint density at radius 3 is 2.61 bits per heavy atom. The molecule has 0 unspecified atom stereocenters. The zero-order valence-corrected chi connectivity index (χ0v) is 21.7. The number of hydrogen-bond donors (Lipinski definition) is 1. The summed E-state index contributed by atoms with van der Waals surface area (Å²) in [7, 11) is 3.31. The molecular weight excluding hydrogens is 526 g/mol. The monoisotopic (exact) mass is 551 g/mol. The Bertz CT molecular complexity index is 1350. The number of nitrogens with one attached hydrogen (secondary N) is 1. The number of methoxy groups -OCH3 is 1. The van der Waals surface area contributed by atoms with Crippen molar-refractivity contribution in [2.24, 2.45) is 0 Å². The summed E-state index contributed by atoms with van der Waals surface area (Å²) in [6, 6.07) is 17.7. The Morgan fingerprint density at radius 1 is 1.19 bits per heavy atom. The largest absolute Gasteiger partial charge is 0.493 e. The molecule has 36 heavy (non-hydrogen) atoms. The molecule has 0 bridgehead atoms. The maximum Gasteiger partial charge on any atom is 0.256 e. The number of likely N-dealkylation sites (N-methyl/N-ethyl adjacent to an activating group) is 1. The number of rotatable bonds is 6. The average molecular weight is 552 g/mol. The van der Waals surface area contributed by atoms with Gasteiger partial charge in [0.1, 0.15) is 6.61 Å². The van der Waals surface area contributed by atoms with Crippen LogP contribution in [0.1, 0.15) is 28.2 Å². The molecule has 3 atom stereocenters. The Kier molecular flexibility index (Phi) is 6.22. The van der Waals surface area contributed by atoms with E-state index in [0.29, 0.717) is 45.9 Å². The number of nitro groups is 1. The molecule has 0 aromatic heterocycles. The van der Waals surface area contributed by atoms with Crippen LogP contribution in [-0.4, -0.2) is 42.5 Å². The highest BCUT2D eigenvalue weighted by atomic mass is 79.9. The van der Waals surface area contributed by atoms with Gasteiger partial charge in [-0.15, -0.1) is 0 Å². The molecule has 186 valence electrons. The lowest BCUT2D eigenvalue weighted by Gasteiger charge is -2.30. The molecular formula is C27H26BrN3O5. The van der Waals surface area contributed by atoms with Crippen molar-refractivity contribution in [1.82, 2.24) is 4.90 Å². The smallest absolute Gasteiger partial charge is 0.256 e. The number of carbonyl (C=O) groups is 1. The number of amides is 1. The molecule has 2 heterocycles. The third-order valence-corrected chi connectivity index (χ3v) is 7.81. The summed E-state index contributed by atoms with van der Waals surface area (Å²) in [6.45, 7) is 2.70. The Morgan fingerprint density at radius 2 is 1.92 bits per heavy atom. The standard InChI is InChI=1S/C27H26BrN3O5/c1-16-8-10-17(11-9-16)15-36-24-21(28)12-18(13-23(24)35-3)19-14-30(2)27(25(19)31(33)34)20-6-4-5-7-22(20)29-26(27)32/h4-13,19,25H,14-15H2,1-3H3,(H,29,32)/t19-,25-,27+/m0/s1. The second kappa shape index (κ2) is 9.22. The van der Waals surface area contributed by atoms with Gasteiger partial charge in [0.25, 0.3) is 11.9 Å². The molecule has 1 saturated heterocycles. The fraction of sp³-hybridized carbons (Fsp3) is 0.296. The molecule has 1 fully saturated rings. The number of benzene rings is 3. The summed E-state index contributed by atoms with van der Waals surface area (Å²) in [5.41, 5.74) is 2.72. The minimum atomic E-state index is -1.40. The van der Waals surface area contributed by atoms with Crippen molar-refractivity contribution >= 4 is 27.5 Å². The van der Waals surface area contributed by atoms with Crippen molar-refractivity contribution in [2.75, 3.05) is 26.0 Å². The first-order valence-corrected chi connectivity index (χ1v) is 12.4. The summed E-state index contributed by atoms with van der Waals surface area (Å²) in [6.07, 6.45) is 0. The van der Waals surface area contributed by atoms with E-state index in [-0.39, 0.29) is 10.8 Å². The van der Waals surface area contributed by atoms with Gasteiger partial charge in [0.05, 0.1) is 17.5 Å². The minimum Gasteiger partial charge on any atom is -0.493 e. The fourth-order valence-corrected chi connectivity index (χ4v) is 6.09. The number of hydrogen-bond acceptors (Lipinski definition) is 6. The van der Waals surface area contributed by atoms with E-state index < -0.39 is 17.5 Å². The van der Waals surface area contributed by atoms with Gasteiger partial charge in [0, 0.05) is 22.7 Å². The van der Waals surface area contributed by atoms with Crippen molar-refractivity contribution in [2.45, 2.75) is 31.0 Å². The normalized spacial score (nSPS) is 22.9. The fourth-order valence-electron chi connectivity index (χ4n) is 5.51. The summed E-state index contributed by atoms with van der Waals surface area (Å²) < 4.78 is 12.3. The van der Waals surface area contributed by atoms with Crippen LogP contribution in [-0.2, 0) is 16.9 Å². The van der Waals surface area contributed by atoms with E-state index >= 15 is 0 Å². The van der Waals surface area contributed by atoms with Crippen molar-refractivity contribution < 1.29 is 19.2 Å². The van der Waals surface area contributed by atoms with Crippen molar-refractivity contribution in [1.29, 1.82) is 0 Å². The van der Waals surface area contributed by atoms with Crippen LogP contribution in [0.4, 0.5) is 5.69 Å². The molecule has 1 amide bonds. The van der Waals surface area contributed by atoms with E-state index in [1.165, 1.54) is 12.7 Å². The maximum atomic E-state index is 13.3. The quantitative estimate of drug-likeness (QED) is 0.347. The van der Waals surface area contributed by atoms with E-state index in [1.807, 2.05) is 43.3 Å². The highest BCUT2D eigenvalue weighted by Gasteiger charge is 2.68. The lowest BCUT2D eigenvalue weighted by atomic mass is 9.79. The molecule has 1 spiro atoms. The maximum absolute atomic E-state index is 13.3. The number of nitrogens with zero attached hydrogens (tertiary/aromatic N) is 2. The van der Waals surface area contributed by atoms with Gasteiger partial charge in [0.15, 0.2) is 17.0 Å². The van der Waals surface area contributed by atoms with Gasteiger partial charge < -0.3 is 14.8 Å². The third kappa shape index (κ3) is 3.74. The van der Waals surface area contributed by atoms with Gasteiger partial charge in [0.2, 0.25) is 0 Å². The van der Waals surface area contributed by atoms with Gasteiger partial charge in [-0.05, 0) is 59.2 Å². The number of ether oxygens (including phenoxy) is 2. The molecule has 0 saturated carbocycles. The topological polar surface area (TPSA) is 93.9 Å². The molecule has 2 aliphatic rings. The van der Waals surface area contributed by atoms with Crippen LogP contribution < -0.4 is 14.8 Å². The number of carbonyl (C=O) groups excluding carboxylic acids is 1. The summed E-state index contributed by atoms with van der Waals surface area (Å²) >= 11 is 3.59. The van der Waals surface area contributed by atoms with Crippen molar-refractivity contribution in [3.8, 4) is 11.5 Å². The van der Waals surface area contributed by atoms with Crippen LogP contribution in [0.25, 0.3) is 0 Å². The Balaban J connectivity index is 1.52. The number of fused-ring (bicyclic) bond motifs is 2. The Labute approximate surface area is 217 Å². The van der Waals surface area contributed by atoms with Crippen LogP contribution in [0.2, 0.25) is 0 Å². The number of para-hydroxylation sites is 1. The van der Waals surface area contributed by atoms with E-state index in [1.54, 1.807) is 36.2 Å². The van der Waals surface area contributed by atoms with Gasteiger partial charge in [-0.25, -0.2) is 0 Å². The lowest BCUT2D eigenvalue weighted by Crippen LogP contribution is -2.54. The predicted octanol–water partition coefficient (Wildman–Crippen LogP) is 4.87. The van der Waals surface area contributed by atoms with Crippen LogP contribution in [0.5, 0.6) is 11.5 Å². The summed E-state index contributed by atoms with van der Waals surface area (Å²) in [5, 5.41) is 15.4. The zero-order valence-electron chi connectivity index (χ0n) is 20.2. The average Bonchev–Trinajstić information content (AvgIpc) is 3.33. The second-order valence-electron chi connectivity index (χ2n) is 9.29. The summed E-state index contributed by atoms with van der Waals surface area (Å²) in [4.78, 5) is 27.4. The molecule has 5 rings (SSSR count). The van der Waals surface area contributed by atoms with E-state index in [0.717, 1.165) is 5.56 Å². The number of likely N-dealkylation sites (tertiary alicyclic amines) is 1. The van der Waals surface area contributed by atoms with Crippen LogP contribution >= 0.6 is 15.9 Å². The first-order chi connectivity index (χ1) is 17.3. The van der Waals surface area contributed by atoms with Crippen LogP contribution in [0.15, 0.2) is 65.1 Å². The molecule has 1 N–H and O–H groups in total. The second-order valence-corrected chi connectivity index (χ2v) is 10.1. The molecule has 3 aromatic rings. The van der Waals surface area contributed by atoms with E-state index in [2.05, 4.69) is 21.2 Å². The molecule has 3 aromatic carbocycles. The van der Waals surface area contributed by atoms with Crippen LogP contribution in [0.3, 0.4) is 0 Å². The van der Waals surface area contributed by atoms with Gasteiger partial charge >= 0.3 is 0 Å². The van der Waals surface area contributed by atoms with Crippen molar-refractivity contribution in [3.63, 3.8) is 0 Å². The molecule has 8 nitrogen and oxygen atoms in total. The molecule has 0 radical (unpaired) electrons. The summed E-state index contributed by atoms with van der Waals surface area (Å²) in [5.74, 6) is 0.0516. The highest BCUT2D eigenvalue weighted by Crippen LogP contribution is 2.53. The number of halogens is 1. The van der Waals surface area contributed by atoms with E-state index in [4.69, 9.17) is 9.47 Å². The highest BCUT2D eigenvalue weighted by molar-refractivity contribution is 9.10. The zero-order chi connectivity index (χ0) is 25.6. The van der Waals surface area contributed by atoms with Crippen LogP contribution in [0, 0.1) is 17.0 Å². The first-order valence-electron chi connectivity index (χ1n) is 11.6. The van der Waals surface area contributed by atoms with Crippen molar-refractivity contribution in [3.05, 3.63) is 97.5 Å². The predicted molar refractivity (Wildman–Crippen MR) is 139 cm³/mol. The van der Waals surface area contributed by atoms with Gasteiger partial charge in [-0.3, -0.25) is 19.8 Å². The molecule has 0 aliphatic carbocycles. The first kappa shape index (κ1) is 24.3. The lowest BCUT2D eigenvalue weighted by molar-refractivity contribution is -0.534. The Hall–Kier alpha value is -3.43. The molecule has 2 aliphatic heterocycles. The SMILES string of the molecule is COc1cc([C@@H]2CN(C)[C@@]3(C(=O)Nc4ccccc43)[C@H]2[N+](=O)[O-])cc(Br)c1OCc1ccc(C)cc1.